The molecule has 0 saturated carbocycles. The van der Waals surface area contributed by atoms with E-state index in [4.69, 9.17) is 15.5 Å². The normalized spacial score (nSPS) is 17.8. The van der Waals surface area contributed by atoms with Crippen LogP contribution in [0.25, 0.3) is 5.65 Å². The van der Waals surface area contributed by atoms with E-state index in [-0.39, 0.29) is 16.1 Å². The van der Waals surface area contributed by atoms with Crippen molar-refractivity contribution in [1.82, 2.24) is 19.4 Å². The molecule has 3 aromatic heterocycles. The van der Waals surface area contributed by atoms with Crippen LogP contribution in [-0.4, -0.2) is 45.7 Å². The van der Waals surface area contributed by atoms with Gasteiger partial charge in [0, 0.05) is 43.2 Å². The topological polar surface area (TPSA) is 81.6 Å². The molecule has 2 aliphatic rings. The number of nitrogen functional groups attached to an aromatic ring is 1. The molecule has 11 heteroatoms. The van der Waals surface area contributed by atoms with Crippen molar-refractivity contribution in [2.24, 2.45) is 5.41 Å². The second-order valence-corrected chi connectivity index (χ2v) is 9.49. The molecule has 0 atom stereocenters. The highest BCUT2D eigenvalue weighted by Crippen LogP contribution is 2.43. The van der Waals surface area contributed by atoms with Gasteiger partial charge < -0.3 is 15.4 Å². The first-order valence-electron chi connectivity index (χ1n) is 11.4. The van der Waals surface area contributed by atoms with Crippen molar-refractivity contribution < 1.29 is 17.9 Å². The fourth-order valence-corrected chi connectivity index (χ4v) is 5.59. The summed E-state index contributed by atoms with van der Waals surface area (Å²) in [4.78, 5) is 15.6. The quantitative estimate of drug-likeness (QED) is 0.535. The lowest BCUT2D eigenvalue weighted by atomic mass is 9.78. The van der Waals surface area contributed by atoms with E-state index >= 15 is 0 Å². The Bertz CT molecular complexity index is 1150. The second-order valence-electron chi connectivity index (χ2n) is 8.44. The zero-order chi connectivity index (χ0) is 24.5. The summed E-state index contributed by atoms with van der Waals surface area (Å²) in [6.45, 7) is 9.16. The molecule has 184 valence electrons. The minimum atomic E-state index is -4.54. The molecule has 0 bridgehead atoms. The SMILES string of the molecule is CC.Cc1nc(N2CCC3(CCOC3)CC2)n2ccnc2c1Sc1cc(N)ncc1C(F)(F)F. The van der Waals surface area contributed by atoms with E-state index in [0.717, 1.165) is 69.5 Å². The van der Waals surface area contributed by atoms with Crippen molar-refractivity contribution >= 4 is 29.2 Å². The highest BCUT2D eigenvalue weighted by Gasteiger charge is 2.39. The molecule has 0 aliphatic carbocycles. The standard InChI is InChI=1S/C21H23F3N6OS.C2H6/c1-13-17(32-15-10-16(25)27-11-14(15)21(22,23)24)18-26-5-8-30(18)19(28-13)29-6-2-20(3-7-29)4-9-31-12-20;1-2/h5,8,10-11H,2-4,6-7,9,12H2,1H3,(H2,25,27);1-2H3. The number of aryl methyl sites for hydroxylation is 1. The average Bonchev–Trinajstić information content (AvgIpc) is 3.47. The lowest BCUT2D eigenvalue weighted by Crippen LogP contribution is -2.41. The summed E-state index contributed by atoms with van der Waals surface area (Å²) in [5, 5.41) is 0. The van der Waals surface area contributed by atoms with Crippen molar-refractivity contribution in [2.75, 3.05) is 36.9 Å². The van der Waals surface area contributed by atoms with Crippen LogP contribution in [0, 0.1) is 12.3 Å². The van der Waals surface area contributed by atoms with Crippen molar-refractivity contribution in [3.05, 3.63) is 35.9 Å². The lowest BCUT2D eigenvalue weighted by Gasteiger charge is -2.39. The number of nitrogens with zero attached hydrogens (tertiary/aromatic N) is 5. The van der Waals surface area contributed by atoms with E-state index in [1.165, 1.54) is 6.07 Å². The van der Waals surface area contributed by atoms with Crippen molar-refractivity contribution in [1.29, 1.82) is 0 Å². The highest BCUT2D eigenvalue weighted by atomic mass is 32.2. The summed E-state index contributed by atoms with van der Waals surface area (Å²) < 4.78 is 48.1. The van der Waals surface area contributed by atoms with Crippen LogP contribution < -0.4 is 10.6 Å². The monoisotopic (exact) mass is 494 g/mol. The molecule has 0 unspecified atom stereocenters. The van der Waals surface area contributed by atoms with Gasteiger partial charge in [-0.25, -0.2) is 15.0 Å². The molecular weight excluding hydrogens is 465 g/mol. The highest BCUT2D eigenvalue weighted by molar-refractivity contribution is 7.99. The maximum absolute atomic E-state index is 13.5. The Kier molecular flexibility index (Phi) is 6.95. The number of aromatic nitrogens is 4. The smallest absolute Gasteiger partial charge is 0.384 e. The molecule has 2 N–H and O–H groups in total. The van der Waals surface area contributed by atoms with Gasteiger partial charge in [0.05, 0.1) is 22.8 Å². The molecule has 0 radical (unpaired) electrons. The Balaban J connectivity index is 0.00000133. The summed E-state index contributed by atoms with van der Waals surface area (Å²) in [6.07, 6.45) is 2.84. The number of fused-ring (bicyclic) bond motifs is 1. The van der Waals surface area contributed by atoms with Gasteiger partial charge in [-0.3, -0.25) is 4.40 Å². The number of rotatable bonds is 3. The third-order valence-corrected chi connectivity index (χ3v) is 7.59. The Labute approximate surface area is 200 Å². The van der Waals surface area contributed by atoms with Crippen LogP contribution >= 0.6 is 11.8 Å². The molecule has 2 fully saturated rings. The number of piperidine rings is 1. The number of anilines is 2. The molecule has 5 heterocycles. The zero-order valence-corrected chi connectivity index (χ0v) is 20.3. The molecule has 7 nitrogen and oxygen atoms in total. The maximum atomic E-state index is 13.5. The summed E-state index contributed by atoms with van der Waals surface area (Å²) in [6, 6.07) is 1.24. The van der Waals surface area contributed by atoms with E-state index in [0.29, 0.717) is 16.2 Å². The molecule has 0 amide bonds. The van der Waals surface area contributed by atoms with Crippen molar-refractivity contribution in [3.63, 3.8) is 0 Å². The number of pyridine rings is 1. The summed E-state index contributed by atoms with van der Waals surface area (Å²) in [7, 11) is 0. The van der Waals surface area contributed by atoms with E-state index in [9.17, 15) is 13.2 Å². The van der Waals surface area contributed by atoms with Crippen LogP contribution in [0.1, 0.15) is 44.4 Å². The molecule has 0 aromatic carbocycles. The van der Waals surface area contributed by atoms with Gasteiger partial charge in [0.2, 0.25) is 5.95 Å². The number of ether oxygens (including phenoxy) is 1. The number of hydrogen-bond acceptors (Lipinski definition) is 7. The first-order valence-corrected chi connectivity index (χ1v) is 12.2. The van der Waals surface area contributed by atoms with Crippen LogP contribution in [-0.2, 0) is 10.9 Å². The summed E-state index contributed by atoms with van der Waals surface area (Å²) in [5.74, 6) is 0.790. The Morgan fingerprint density at radius 1 is 1.15 bits per heavy atom. The van der Waals surface area contributed by atoms with Gasteiger partial charge in [0.25, 0.3) is 0 Å². The Morgan fingerprint density at radius 3 is 2.53 bits per heavy atom. The van der Waals surface area contributed by atoms with Crippen LogP contribution in [0.2, 0.25) is 0 Å². The van der Waals surface area contributed by atoms with Gasteiger partial charge >= 0.3 is 6.18 Å². The Morgan fingerprint density at radius 2 is 1.88 bits per heavy atom. The third-order valence-electron chi connectivity index (χ3n) is 6.35. The molecule has 2 saturated heterocycles. The van der Waals surface area contributed by atoms with E-state index < -0.39 is 11.7 Å². The first-order chi connectivity index (χ1) is 16.3. The fraction of sp³-hybridized carbons (Fsp3) is 0.522. The van der Waals surface area contributed by atoms with Gasteiger partial charge in [0.15, 0.2) is 5.65 Å². The molecule has 2 aliphatic heterocycles. The van der Waals surface area contributed by atoms with Gasteiger partial charge in [-0.1, -0.05) is 25.6 Å². The van der Waals surface area contributed by atoms with Crippen molar-refractivity contribution in [3.8, 4) is 0 Å². The predicted octanol–water partition coefficient (Wildman–Crippen LogP) is 5.22. The van der Waals surface area contributed by atoms with E-state index in [1.54, 1.807) is 19.3 Å². The van der Waals surface area contributed by atoms with E-state index in [2.05, 4.69) is 14.9 Å². The van der Waals surface area contributed by atoms with E-state index in [1.807, 2.05) is 18.2 Å². The largest absolute Gasteiger partial charge is 0.418 e. The van der Waals surface area contributed by atoms with Crippen LogP contribution in [0.15, 0.2) is 34.4 Å². The summed E-state index contributed by atoms with van der Waals surface area (Å²) >= 11 is 0.966. The molecule has 5 rings (SSSR count). The average molecular weight is 495 g/mol. The molecule has 34 heavy (non-hydrogen) atoms. The van der Waals surface area contributed by atoms with Gasteiger partial charge in [0.1, 0.15) is 5.82 Å². The van der Waals surface area contributed by atoms with Crippen LogP contribution in [0.4, 0.5) is 24.9 Å². The number of alkyl halides is 3. The minimum absolute atomic E-state index is 0.0197. The molecular formula is C23H29F3N6OS. The van der Waals surface area contributed by atoms with Gasteiger partial charge in [-0.05, 0) is 37.7 Å². The van der Waals surface area contributed by atoms with Gasteiger partial charge in [-0.2, -0.15) is 13.2 Å². The number of nitrogens with two attached hydrogens (primary N) is 1. The van der Waals surface area contributed by atoms with Crippen LogP contribution in [0.3, 0.4) is 0 Å². The summed E-state index contributed by atoms with van der Waals surface area (Å²) in [5.41, 5.74) is 6.32. The first kappa shape index (κ1) is 24.6. The number of imidazole rings is 1. The number of hydrogen-bond donors (Lipinski definition) is 1. The molecule has 3 aromatic rings. The fourth-order valence-electron chi connectivity index (χ4n) is 4.48. The maximum Gasteiger partial charge on any atom is 0.418 e. The molecule has 1 spiro atoms. The Hall–Kier alpha value is -2.53. The van der Waals surface area contributed by atoms with Crippen LogP contribution in [0.5, 0.6) is 0 Å². The predicted molar refractivity (Wildman–Crippen MR) is 126 cm³/mol. The lowest BCUT2D eigenvalue weighted by molar-refractivity contribution is -0.140. The van der Waals surface area contributed by atoms with Gasteiger partial charge in [-0.15, -0.1) is 0 Å². The second kappa shape index (κ2) is 9.61. The third kappa shape index (κ3) is 4.68. The minimum Gasteiger partial charge on any atom is -0.384 e. The number of halogens is 3. The van der Waals surface area contributed by atoms with Crippen molar-refractivity contribution in [2.45, 2.75) is 56.0 Å². The zero-order valence-electron chi connectivity index (χ0n) is 19.5.